The van der Waals surface area contributed by atoms with E-state index in [0.717, 1.165) is 18.4 Å². The van der Waals surface area contributed by atoms with Gasteiger partial charge < -0.3 is 0 Å². The Morgan fingerprint density at radius 3 is 2.38 bits per heavy atom. The highest BCUT2D eigenvalue weighted by atomic mass is 32.2. The number of rotatable bonds is 9. The third-order valence-corrected chi connectivity index (χ3v) is 5.27. The van der Waals surface area contributed by atoms with E-state index in [1.165, 1.54) is 30.4 Å². The molecule has 1 aromatic heterocycles. The van der Waals surface area contributed by atoms with Crippen LogP contribution >= 0.6 is 0 Å². The van der Waals surface area contributed by atoms with E-state index in [4.69, 9.17) is 0 Å². The quantitative estimate of drug-likeness (QED) is 0.704. The van der Waals surface area contributed by atoms with E-state index in [1.54, 1.807) is 32.0 Å². The molecule has 0 unspecified atom stereocenters. The molecule has 0 saturated heterocycles. The number of hydrogen-bond donors (Lipinski definition) is 1. The topological polar surface area (TPSA) is 76.9 Å². The molecule has 0 atom stereocenters. The van der Waals surface area contributed by atoms with E-state index in [0.29, 0.717) is 11.6 Å². The average molecular weight is 350 g/mol. The number of hydrogen-bond acceptors (Lipinski definition) is 4. The van der Waals surface area contributed by atoms with Gasteiger partial charge in [-0.05, 0) is 44.4 Å². The summed E-state index contributed by atoms with van der Waals surface area (Å²) in [5.41, 5.74) is 1.05. The monoisotopic (exact) mass is 350 g/mol. The third-order valence-electron chi connectivity index (χ3n) is 3.98. The van der Waals surface area contributed by atoms with Crippen LogP contribution in [0.5, 0.6) is 0 Å². The molecule has 2 aromatic rings. The van der Waals surface area contributed by atoms with Crippen molar-refractivity contribution in [1.82, 2.24) is 14.9 Å². The Labute approximate surface area is 144 Å². The summed E-state index contributed by atoms with van der Waals surface area (Å²) in [6.07, 6.45) is 6.89. The van der Waals surface area contributed by atoms with E-state index in [9.17, 15) is 8.42 Å². The van der Waals surface area contributed by atoms with Crippen molar-refractivity contribution in [1.29, 1.82) is 0 Å². The van der Waals surface area contributed by atoms with Gasteiger partial charge in [-0.2, -0.15) is 8.42 Å². The van der Waals surface area contributed by atoms with E-state index < -0.39 is 10.0 Å². The molecule has 0 aliphatic rings. The summed E-state index contributed by atoms with van der Waals surface area (Å²) in [7, 11) is -3.66. The lowest BCUT2D eigenvalue weighted by Gasteiger charge is -2.12. The number of benzene rings is 1. The van der Waals surface area contributed by atoms with Crippen molar-refractivity contribution < 1.29 is 8.42 Å². The van der Waals surface area contributed by atoms with Crippen molar-refractivity contribution >= 4 is 10.0 Å². The molecule has 6 nitrogen and oxygen atoms in total. The van der Waals surface area contributed by atoms with Crippen LogP contribution < -0.4 is 4.83 Å². The zero-order chi connectivity index (χ0) is 17.6. The molecule has 7 heteroatoms. The summed E-state index contributed by atoms with van der Waals surface area (Å²) in [6, 6.07) is 7.13. The fourth-order valence-corrected chi connectivity index (χ4v) is 3.75. The number of aromatic nitrogens is 3. The summed E-state index contributed by atoms with van der Waals surface area (Å²) in [6.45, 7) is 5.60. The number of aryl methyl sites for hydroxylation is 3. The Morgan fingerprint density at radius 2 is 1.71 bits per heavy atom. The van der Waals surface area contributed by atoms with Gasteiger partial charge in [0, 0.05) is 0 Å². The molecule has 1 heterocycles. The minimum atomic E-state index is -3.66. The molecule has 0 amide bonds. The first-order valence-corrected chi connectivity index (χ1v) is 9.92. The Kier molecular flexibility index (Phi) is 6.36. The lowest BCUT2D eigenvalue weighted by Crippen LogP contribution is -2.25. The highest BCUT2D eigenvalue weighted by Gasteiger charge is 2.17. The molecule has 0 bridgehead atoms. The predicted octanol–water partition coefficient (Wildman–Crippen LogP) is 3.34. The van der Waals surface area contributed by atoms with Gasteiger partial charge in [0.1, 0.15) is 11.6 Å². The predicted molar refractivity (Wildman–Crippen MR) is 94.9 cm³/mol. The molecule has 0 aliphatic heterocycles. The molecule has 2 rings (SSSR count). The first-order valence-electron chi connectivity index (χ1n) is 8.44. The highest BCUT2D eigenvalue weighted by Crippen LogP contribution is 2.15. The van der Waals surface area contributed by atoms with Crippen molar-refractivity contribution in [2.75, 3.05) is 4.83 Å². The first-order chi connectivity index (χ1) is 11.4. The molecule has 132 valence electrons. The van der Waals surface area contributed by atoms with Crippen LogP contribution in [-0.4, -0.2) is 23.3 Å². The molecule has 0 radical (unpaired) electrons. The van der Waals surface area contributed by atoms with Gasteiger partial charge in [0.15, 0.2) is 0 Å². The molecule has 1 N–H and O–H groups in total. The number of nitrogens with zero attached hydrogens (tertiary/aromatic N) is 3. The number of nitrogens with one attached hydrogen (secondary N) is 1. The van der Waals surface area contributed by atoms with Crippen LogP contribution in [-0.2, 0) is 16.4 Å². The van der Waals surface area contributed by atoms with E-state index >= 15 is 0 Å². The highest BCUT2D eigenvalue weighted by molar-refractivity contribution is 7.92. The van der Waals surface area contributed by atoms with Crippen molar-refractivity contribution in [3.05, 3.63) is 41.5 Å². The van der Waals surface area contributed by atoms with E-state index in [-0.39, 0.29) is 4.90 Å². The maximum absolute atomic E-state index is 12.6. The Hall–Kier alpha value is -1.89. The van der Waals surface area contributed by atoms with Gasteiger partial charge >= 0.3 is 0 Å². The van der Waals surface area contributed by atoms with Gasteiger partial charge in [-0.3, -0.25) is 0 Å². The third kappa shape index (κ3) is 4.80. The SMILES string of the molecule is CCCCCCCc1cccc(S(=O)(=O)Nn2c(C)nnc2C)c1. The molecule has 0 fully saturated rings. The second-order valence-electron chi connectivity index (χ2n) is 6.04. The van der Waals surface area contributed by atoms with Crippen LogP contribution in [0.3, 0.4) is 0 Å². The van der Waals surface area contributed by atoms with Crippen LogP contribution in [0.4, 0.5) is 0 Å². The summed E-state index contributed by atoms with van der Waals surface area (Å²) in [5.74, 6) is 1.01. The maximum atomic E-state index is 12.6. The average Bonchev–Trinajstić information content (AvgIpc) is 2.86. The summed E-state index contributed by atoms with van der Waals surface area (Å²) in [5, 5.41) is 7.73. The van der Waals surface area contributed by atoms with Crippen LogP contribution in [0.15, 0.2) is 29.2 Å². The van der Waals surface area contributed by atoms with Crippen LogP contribution in [0.2, 0.25) is 0 Å². The second kappa shape index (κ2) is 8.28. The summed E-state index contributed by atoms with van der Waals surface area (Å²) < 4.78 is 26.5. The van der Waals surface area contributed by atoms with Gasteiger partial charge in [0.2, 0.25) is 0 Å². The Bertz CT molecular complexity index is 749. The second-order valence-corrected chi connectivity index (χ2v) is 7.70. The Morgan fingerprint density at radius 1 is 1.04 bits per heavy atom. The molecular weight excluding hydrogens is 324 g/mol. The zero-order valence-electron chi connectivity index (χ0n) is 14.6. The number of unbranched alkanes of at least 4 members (excludes halogenated alkanes) is 4. The number of sulfonamides is 1. The standard InChI is InChI=1S/C17H26N4O2S/c1-4-5-6-7-8-10-16-11-9-12-17(13-16)24(22,23)20-21-14(2)18-19-15(21)3/h9,11-13,20H,4-8,10H2,1-3H3. The fourth-order valence-electron chi connectivity index (χ4n) is 2.57. The maximum Gasteiger partial charge on any atom is 0.275 e. The zero-order valence-corrected chi connectivity index (χ0v) is 15.4. The molecule has 1 aromatic carbocycles. The van der Waals surface area contributed by atoms with Gasteiger partial charge in [-0.25, -0.2) is 9.51 Å². The fraction of sp³-hybridized carbons (Fsp3) is 0.529. The molecule has 0 aliphatic carbocycles. The summed E-state index contributed by atoms with van der Waals surface area (Å²) >= 11 is 0. The minimum Gasteiger partial charge on any atom is -0.215 e. The van der Waals surface area contributed by atoms with Gasteiger partial charge in [-0.1, -0.05) is 44.7 Å². The largest absolute Gasteiger partial charge is 0.275 e. The van der Waals surface area contributed by atoms with Crippen molar-refractivity contribution in [2.24, 2.45) is 0 Å². The minimum absolute atomic E-state index is 0.265. The van der Waals surface area contributed by atoms with Crippen LogP contribution in [0.25, 0.3) is 0 Å². The van der Waals surface area contributed by atoms with Crippen LogP contribution in [0, 0.1) is 13.8 Å². The first kappa shape index (κ1) is 18.4. The van der Waals surface area contributed by atoms with Gasteiger partial charge in [0.05, 0.1) is 4.90 Å². The van der Waals surface area contributed by atoms with Gasteiger partial charge in [0.25, 0.3) is 10.0 Å². The van der Waals surface area contributed by atoms with Gasteiger partial charge in [-0.15, -0.1) is 10.2 Å². The lowest BCUT2D eigenvalue weighted by atomic mass is 10.1. The summed E-state index contributed by atoms with van der Waals surface area (Å²) in [4.78, 5) is 2.79. The van der Waals surface area contributed by atoms with Crippen LogP contribution in [0.1, 0.15) is 56.2 Å². The lowest BCUT2D eigenvalue weighted by molar-refractivity contribution is 0.593. The molecule has 24 heavy (non-hydrogen) atoms. The Balaban J connectivity index is 2.06. The smallest absolute Gasteiger partial charge is 0.215 e. The van der Waals surface area contributed by atoms with Crippen molar-refractivity contribution in [2.45, 2.75) is 64.2 Å². The normalized spacial score (nSPS) is 11.6. The van der Waals surface area contributed by atoms with Crippen molar-refractivity contribution in [3.63, 3.8) is 0 Å². The van der Waals surface area contributed by atoms with E-state index in [1.807, 2.05) is 6.07 Å². The van der Waals surface area contributed by atoms with Crippen molar-refractivity contribution in [3.8, 4) is 0 Å². The molecule has 0 saturated carbocycles. The molecular formula is C17H26N4O2S. The molecule has 0 spiro atoms. The van der Waals surface area contributed by atoms with E-state index in [2.05, 4.69) is 22.0 Å².